The first kappa shape index (κ1) is 13.2. The molecule has 0 bridgehead atoms. The number of hydrogen-bond donors (Lipinski definition) is 1. The molecule has 0 spiro atoms. The van der Waals surface area contributed by atoms with Gasteiger partial charge in [0.15, 0.2) is 0 Å². The van der Waals surface area contributed by atoms with Gasteiger partial charge < -0.3 is 9.73 Å². The van der Waals surface area contributed by atoms with Crippen molar-refractivity contribution in [2.45, 2.75) is 6.04 Å². The van der Waals surface area contributed by atoms with Gasteiger partial charge in [0.1, 0.15) is 17.4 Å². The van der Waals surface area contributed by atoms with E-state index in [0.29, 0.717) is 0 Å². The Morgan fingerprint density at radius 1 is 1.32 bits per heavy atom. The van der Waals surface area contributed by atoms with E-state index in [1.807, 2.05) is 31.3 Å². The predicted molar refractivity (Wildman–Crippen MR) is 84.1 cm³/mol. The number of nitrogens with one attached hydrogen (secondary N) is 1. The molecule has 5 heteroatoms. The Balaban J connectivity index is 2.06. The highest BCUT2D eigenvalue weighted by Gasteiger charge is 2.18. The molecule has 2 heterocycles. The SMILES string of the molecule is CNC(c1cc2cc(Cl)ccc2o1)c1cc(Br)cs1. The number of benzene rings is 1. The highest BCUT2D eigenvalue weighted by atomic mass is 79.9. The van der Waals surface area contributed by atoms with Crippen molar-refractivity contribution in [2.24, 2.45) is 0 Å². The quantitative estimate of drug-likeness (QED) is 0.696. The molecule has 2 nitrogen and oxygen atoms in total. The number of thiophene rings is 1. The third kappa shape index (κ3) is 2.58. The summed E-state index contributed by atoms with van der Waals surface area (Å²) in [7, 11) is 1.93. The first-order chi connectivity index (χ1) is 9.17. The molecule has 0 saturated heterocycles. The zero-order valence-corrected chi connectivity index (χ0v) is 13.3. The number of halogens is 2. The van der Waals surface area contributed by atoms with Crippen LogP contribution >= 0.6 is 38.9 Å². The van der Waals surface area contributed by atoms with Crippen molar-refractivity contribution < 1.29 is 4.42 Å². The molecule has 19 heavy (non-hydrogen) atoms. The van der Waals surface area contributed by atoms with Crippen molar-refractivity contribution in [3.8, 4) is 0 Å². The third-order valence-electron chi connectivity index (χ3n) is 2.94. The molecule has 0 aliphatic carbocycles. The number of hydrogen-bond acceptors (Lipinski definition) is 3. The summed E-state index contributed by atoms with van der Waals surface area (Å²) in [6.07, 6.45) is 0. The van der Waals surface area contributed by atoms with Gasteiger partial charge in [-0.15, -0.1) is 11.3 Å². The first-order valence-corrected chi connectivity index (χ1v) is 7.82. The monoisotopic (exact) mass is 355 g/mol. The fourth-order valence-electron chi connectivity index (χ4n) is 2.08. The lowest BCUT2D eigenvalue weighted by Crippen LogP contribution is -2.15. The van der Waals surface area contributed by atoms with Crippen LogP contribution in [0.3, 0.4) is 0 Å². The van der Waals surface area contributed by atoms with E-state index >= 15 is 0 Å². The van der Waals surface area contributed by atoms with Crippen LogP contribution in [-0.4, -0.2) is 7.05 Å². The van der Waals surface area contributed by atoms with Gasteiger partial charge >= 0.3 is 0 Å². The molecule has 0 aliphatic rings. The van der Waals surface area contributed by atoms with Crippen molar-refractivity contribution in [1.29, 1.82) is 0 Å². The average molecular weight is 357 g/mol. The van der Waals surface area contributed by atoms with Crippen LogP contribution in [0, 0.1) is 0 Å². The molecule has 0 radical (unpaired) electrons. The normalized spacial score (nSPS) is 13.0. The lowest BCUT2D eigenvalue weighted by atomic mass is 10.1. The van der Waals surface area contributed by atoms with Gasteiger partial charge in [-0.1, -0.05) is 11.6 Å². The maximum absolute atomic E-state index is 6.00. The highest BCUT2D eigenvalue weighted by molar-refractivity contribution is 9.10. The Morgan fingerprint density at radius 3 is 2.84 bits per heavy atom. The molecule has 0 aliphatic heterocycles. The summed E-state index contributed by atoms with van der Waals surface area (Å²) < 4.78 is 7.00. The second-order valence-corrected chi connectivity index (χ2v) is 6.51. The van der Waals surface area contributed by atoms with Gasteiger partial charge in [0.2, 0.25) is 0 Å². The molecule has 1 unspecified atom stereocenters. The standard InChI is InChI=1S/C14H11BrClNOS/c1-17-14(13-6-9(15)7-19-13)12-5-8-4-10(16)2-3-11(8)18-12/h2-7,14,17H,1H3. The average Bonchev–Trinajstić information content (AvgIpc) is 2.96. The highest BCUT2D eigenvalue weighted by Crippen LogP contribution is 2.33. The van der Waals surface area contributed by atoms with E-state index in [1.54, 1.807) is 11.3 Å². The smallest absolute Gasteiger partial charge is 0.134 e. The van der Waals surface area contributed by atoms with Crippen molar-refractivity contribution in [1.82, 2.24) is 5.32 Å². The summed E-state index contributed by atoms with van der Waals surface area (Å²) in [6, 6.07) is 9.86. The Morgan fingerprint density at radius 2 is 2.16 bits per heavy atom. The minimum Gasteiger partial charge on any atom is -0.459 e. The molecule has 1 aromatic carbocycles. The van der Waals surface area contributed by atoms with Gasteiger partial charge in [0.05, 0.1) is 0 Å². The van der Waals surface area contributed by atoms with E-state index < -0.39 is 0 Å². The van der Waals surface area contributed by atoms with E-state index in [9.17, 15) is 0 Å². The number of furan rings is 1. The molecule has 0 amide bonds. The van der Waals surface area contributed by atoms with Crippen LogP contribution in [-0.2, 0) is 0 Å². The van der Waals surface area contributed by atoms with E-state index in [4.69, 9.17) is 16.0 Å². The Hall–Kier alpha value is -0.810. The minimum absolute atomic E-state index is 0.0578. The van der Waals surface area contributed by atoms with Gasteiger partial charge in [-0.25, -0.2) is 0 Å². The zero-order chi connectivity index (χ0) is 13.4. The fraction of sp³-hybridized carbons (Fsp3) is 0.143. The minimum atomic E-state index is 0.0578. The third-order valence-corrected chi connectivity index (χ3v) is 4.94. The second-order valence-electron chi connectivity index (χ2n) is 4.22. The number of fused-ring (bicyclic) bond motifs is 1. The maximum atomic E-state index is 6.00. The molecule has 98 valence electrons. The van der Waals surface area contributed by atoms with Crippen molar-refractivity contribution in [3.63, 3.8) is 0 Å². The Bertz CT molecular complexity index is 721. The van der Waals surface area contributed by atoms with Crippen LogP contribution in [0.4, 0.5) is 0 Å². The van der Waals surface area contributed by atoms with Crippen LogP contribution < -0.4 is 5.32 Å². The molecule has 3 aromatic rings. The van der Waals surface area contributed by atoms with Crippen LogP contribution in [0.25, 0.3) is 11.0 Å². The van der Waals surface area contributed by atoms with Crippen molar-refractivity contribution in [3.05, 3.63) is 55.8 Å². The molecule has 2 aromatic heterocycles. The zero-order valence-electron chi connectivity index (χ0n) is 10.1. The molecular formula is C14H11BrClNOS. The van der Waals surface area contributed by atoms with Gasteiger partial charge in [0, 0.05) is 25.1 Å². The lowest BCUT2D eigenvalue weighted by molar-refractivity contribution is 0.495. The molecule has 1 N–H and O–H groups in total. The number of rotatable bonds is 3. The summed E-state index contributed by atoms with van der Waals surface area (Å²) in [5.41, 5.74) is 0.857. The van der Waals surface area contributed by atoms with Gasteiger partial charge in [-0.05, 0) is 53.3 Å². The van der Waals surface area contributed by atoms with Gasteiger partial charge in [0.25, 0.3) is 0 Å². The summed E-state index contributed by atoms with van der Waals surface area (Å²) >= 11 is 11.2. The Labute approximate surface area is 128 Å². The summed E-state index contributed by atoms with van der Waals surface area (Å²) in [5.74, 6) is 0.897. The van der Waals surface area contributed by atoms with Crippen LogP contribution in [0.1, 0.15) is 16.7 Å². The van der Waals surface area contributed by atoms with Gasteiger partial charge in [-0.2, -0.15) is 0 Å². The molecule has 1 atom stereocenters. The summed E-state index contributed by atoms with van der Waals surface area (Å²) in [6.45, 7) is 0. The van der Waals surface area contributed by atoms with E-state index in [2.05, 4.69) is 32.7 Å². The van der Waals surface area contributed by atoms with Crippen molar-refractivity contribution in [2.75, 3.05) is 7.05 Å². The fourth-order valence-corrected chi connectivity index (χ4v) is 3.82. The molecule has 0 fully saturated rings. The topological polar surface area (TPSA) is 25.2 Å². The Kier molecular flexibility index (Phi) is 3.67. The molecule has 3 rings (SSSR count). The molecule has 0 saturated carbocycles. The molecular weight excluding hydrogens is 346 g/mol. The van der Waals surface area contributed by atoms with Crippen LogP contribution in [0.2, 0.25) is 5.02 Å². The summed E-state index contributed by atoms with van der Waals surface area (Å²) in [5, 5.41) is 7.10. The van der Waals surface area contributed by atoms with E-state index in [-0.39, 0.29) is 6.04 Å². The predicted octanol–water partition coefficient (Wildman–Crippen LogP) is 5.22. The second kappa shape index (κ2) is 5.29. The maximum Gasteiger partial charge on any atom is 0.134 e. The largest absolute Gasteiger partial charge is 0.459 e. The van der Waals surface area contributed by atoms with Crippen molar-refractivity contribution >= 4 is 49.8 Å². The van der Waals surface area contributed by atoms with E-state index in [0.717, 1.165) is 26.2 Å². The van der Waals surface area contributed by atoms with Gasteiger partial charge in [-0.3, -0.25) is 0 Å². The van der Waals surface area contributed by atoms with Crippen LogP contribution in [0.5, 0.6) is 0 Å². The summed E-state index contributed by atoms with van der Waals surface area (Å²) in [4.78, 5) is 1.21. The first-order valence-electron chi connectivity index (χ1n) is 5.77. The lowest BCUT2D eigenvalue weighted by Gasteiger charge is -2.10. The van der Waals surface area contributed by atoms with Crippen LogP contribution in [0.15, 0.2) is 44.6 Å². The van der Waals surface area contributed by atoms with E-state index in [1.165, 1.54) is 4.88 Å².